The van der Waals surface area contributed by atoms with Gasteiger partial charge < -0.3 is 15.5 Å². The van der Waals surface area contributed by atoms with Gasteiger partial charge in [-0.3, -0.25) is 4.79 Å². The van der Waals surface area contributed by atoms with E-state index in [4.69, 9.17) is 10.2 Å². The maximum absolute atomic E-state index is 10.9. The lowest BCUT2D eigenvalue weighted by molar-refractivity contribution is -0.140. The molecule has 1 rings (SSSR count). The van der Waals surface area contributed by atoms with Gasteiger partial charge in [-0.2, -0.15) is 0 Å². The molecule has 1 aliphatic carbocycles. The number of hydrogen-bond donors (Lipinski definition) is 3. The van der Waals surface area contributed by atoms with Crippen molar-refractivity contribution < 1.29 is 15.0 Å². The minimum absolute atomic E-state index is 0.163. The molecule has 1 saturated carbocycles. The average molecular weight is 215 g/mol. The summed E-state index contributed by atoms with van der Waals surface area (Å²) in [6, 6.07) is -0.269. The van der Waals surface area contributed by atoms with E-state index in [9.17, 15) is 4.79 Å². The molecule has 0 aromatic rings. The van der Waals surface area contributed by atoms with Crippen LogP contribution in [0.2, 0.25) is 0 Å². The highest BCUT2D eigenvalue weighted by molar-refractivity contribution is 5.73. The van der Waals surface area contributed by atoms with Crippen molar-refractivity contribution in [3.8, 4) is 0 Å². The van der Waals surface area contributed by atoms with Crippen LogP contribution in [0, 0.1) is 5.92 Å². The first-order valence-corrected chi connectivity index (χ1v) is 5.78. The molecule has 1 fully saturated rings. The monoisotopic (exact) mass is 215 g/mol. The lowest BCUT2D eigenvalue weighted by atomic mass is 10.0. The first kappa shape index (κ1) is 12.5. The van der Waals surface area contributed by atoms with E-state index in [0.29, 0.717) is 6.42 Å². The van der Waals surface area contributed by atoms with Gasteiger partial charge in [0.25, 0.3) is 0 Å². The largest absolute Gasteiger partial charge is 0.480 e. The van der Waals surface area contributed by atoms with Crippen molar-refractivity contribution in [3.05, 3.63) is 0 Å². The molecular weight excluding hydrogens is 194 g/mol. The number of carboxylic acids is 1. The van der Waals surface area contributed by atoms with Crippen molar-refractivity contribution >= 4 is 5.97 Å². The first-order valence-electron chi connectivity index (χ1n) is 5.78. The molecule has 0 amide bonds. The van der Waals surface area contributed by atoms with Crippen molar-refractivity contribution in [3.63, 3.8) is 0 Å². The van der Waals surface area contributed by atoms with Crippen LogP contribution in [-0.4, -0.2) is 34.9 Å². The van der Waals surface area contributed by atoms with Crippen LogP contribution in [0.3, 0.4) is 0 Å². The molecule has 0 aromatic carbocycles. The van der Waals surface area contributed by atoms with Crippen molar-refractivity contribution in [2.24, 2.45) is 5.92 Å². The molecule has 0 heterocycles. The summed E-state index contributed by atoms with van der Waals surface area (Å²) >= 11 is 0. The fourth-order valence-corrected chi connectivity index (χ4v) is 2.30. The zero-order valence-corrected chi connectivity index (χ0v) is 9.28. The summed E-state index contributed by atoms with van der Waals surface area (Å²) in [6.45, 7) is 2.14. The lowest BCUT2D eigenvalue weighted by Gasteiger charge is -2.23. The quantitative estimate of drug-likeness (QED) is 0.618. The highest BCUT2D eigenvalue weighted by Crippen LogP contribution is 2.25. The average Bonchev–Trinajstić information content (AvgIpc) is 2.64. The third kappa shape index (κ3) is 3.47. The molecular formula is C11H21NO3. The van der Waals surface area contributed by atoms with E-state index in [1.165, 1.54) is 0 Å². The van der Waals surface area contributed by atoms with Crippen LogP contribution in [-0.2, 0) is 4.79 Å². The van der Waals surface area contributed by atoms with Crippen molar-refractivity contribution in [2.45, 2.75) is 51.1 Å². The molecule has 0 aromatic heterocycles. The van der Waals surface area contributed by atoms with Gasteiger partial charge in [-0.15, -0.1) is 0 Å². The van der Waals surface area contributed by atoms with Crippen LogP contribution in [0.25, 0.3) is 0 Å². The predicted molar refractivity (Wildman–Crippen MR) is 57.7 cm³/mol. The summed E-state index contributed by atoms with van der Waals surface area (Å²) in [5, 5.41) is 21.3. The normalized spacial score (nSPS) is 27.9. The zero-order valence-electron chi connectivity index (χ0n) is 9.28. The van der Waals surface area contributed by atoms with Gasteiger partial charge in [0.2, 0.25) is 0 Å². The van der Waals surface area contributed by atoms with Gasteiger partial charge in [0, 0.05) is 12.6 Å². The summed E-state index contributed by atoms with van der Waals surface area (Å²) in [4.78, 5) is 10.9. The highest BCUT2D eigenvalue weighted by Gasteiger charge is 2.30. The molecule has 4 heteroatoms. The Balaban J connectivity index is 2.46. The number of hydrogen-bond acceptors (Lipinski definition) is 3. The number of carboxylic acid groups (broad SMARTS) is 1. The molecule has 0 aliphatic heterocycles. The number of carbonyl (C=O) groups is 1. The fraction of sp³-hybridized carbons (Fsp3) is 0.909. The van der Waals surface area contributed by atoms with Gasteiger partial charge in [0.15, 0.2) is 0 Å². The molecule has 0 spiro atoms. The Morgan fingerprint density at radius 1 is 1.53 bits per heavy atom. The molecule has 88 valence electrons. The smallest absolute Gasteiger partial charge is 0.320 e. The Kier molecular flexibility index (Phi) is 5.05. The van der Waals surface area contributed by atoms with Crippen molar-refractivity contribution in [1.29, 1.82) is 0 Å². The van der Waals surface area contributed by atoms with Crippen molar-refractivity contribution in [1.82, 2.24) is 5.32 Å². The number of rotatable bonds is 6. The molecule has 1 aliphatic rings. The van der Waals surface area contributed by atoms with E-state index in [2.05, 4.69) is 5.32 Å². The Morgan fingerprint density at radius 2 is 2.27 bits per heavy atom. The minimum Gasteiger partial charge on any atom is -0.480 e. The van der Waals surface area contributed by atoms with Crippen LogP contribution in [0.5, 0.6) is 0 Å². The molecule has 15 heavy (non-hydrogen) atoms. The third-order valence-electron chi connectivity index (χ3n) is 3.18. The van der Waals surface area contributed by atoms with Gasteiger partial charge in [0.05, 0.1) is 0 Å². The Morgan fingerprint density at radius 3 is 2.80 bits per heavy atom. The van der Waals surface area contributed by atoms with E-state index in [1.54, 1.807) is 0 Å². The second kappa shape index (κ2) is 6.08. The maximum Gasteiger partial charge on any atom is 0.320 e. The summed E-state index contributed by atoms with van der Waals surface area (Å²) in [5.74, 6) is -0.538. The van der Waals surface area contributed by atoms with Crippen LogP contribution >= 0.6 is 0 Å². The van der Waals surface area contributed by atoms with E-state index in [-0.39, 0.29) is 18.6 Å². The number of aliphatic hydroxyl groups is 1. The number of aliphatic hydroxyl groups excluding tert-OH is 1. The zero-order chi connectivity index (χ0) is 11.3. The highest BCUT2D eigenvalue weighted by atomic mass is 16.4. The molecule has 3 unspecified atom stereocenters. The predicted octanol–water partition coefficient (Wildman–Crippen LogP) is 0.990. The van der Waals surface area contributed by atoms with Gasteiger partial charge >= 0.3 is 5.97 Å². The molecule has 0 bridgehead atoms. The summed E-state index contributed by atoms with van der Waals surface area (Å²) < 4.78 is 0. The van der Waals surface area contributed by atoms with Crippen LogP contribution in [0.1, 0.15) is 39.0 Å². The second-order valence-corrected chi connectivity index (χ2v) is 4.33. The van der Waals surface area contributed by atoms with Gasteiger partial charge in [-0.05, 0) is 25.2 Å². The summed E-state index contributed by atoms with van der Waals surface area (Å²) in [6.07, 6.45) is 4.59. The topological polar surface area (TPSA) is 69.6 Å². The van der Waals surface area contributed by atoms with Crippen molar-refractivity contribution in [2.75, 3.05) is 6.61 Å². The first-order chi connectivity index (χ1) is 7.19. The number of nitrogens with one attached hydrogen (secondary N) is 1. The summed E-state index contributed by atoms with van der Waals surface area (Å²) in [5.41, 5.74) is 0. The van der Waals surface area contributed by atoms with Crippen LogP contribution in [0.15, 0.2) is 0 Å². The Hall–Kier alpha value is -0.610. The Bertz CT molecular complexity index is 208. The van der Waals surface area contributed by atoms with Crippen LogP contribution in [0.4, 0.5) is 0 Å². The molecule has 3 N–H and O–H groups in total. The fourth-order valence-electron chi connectivity index (χ4n) is 2.30. The van der Waals surface area contributed by atoms with E-state index < -0.39 is 12.0 Å². The Labute approximate surface area is 90.7 Å². The molecule has 0 saturated heterocycles. The van der Waals surface area contributed by atoms with Gasteiger partial charge in [-0.25, -0.2) is 0 Å². The van der Waals surface area contributed by atoms with Gasteiger partial charge in [-0.1, -0.05) is 19.8 Å². The summed E-state index contributed by atoms with van der Waals surface area (Å²) in [7, 11) is 0. The standard InChI is InChI=1S/C11H21NO3/c1-2-4-10(11(14)15)12-9-6-3-5-8(9)7-13/h8-10,12-13H,2-7H2,1H3,(H,14,15). The molecule has 4 nitrogen and oxygen atoms in total. The van der Waals surface area contributed by atoms with E-state index in [0.717, 1.165) is 25.7 Å². The van der Waals surface area contributed by atoms with E-state index in [1.807, 2.05) is 6.92 Å². The maximum atomic E-state index is 10.9. The number of aliphatic carboxylic acids is 1. The van der Waals surface area contributed by atoms with E-state index >= 15 is 0 Å². The minimum atomic E-state index is -0.777. The SMILES string of the molecule is CCCC(NC1CCCC1CO)C(=O)O. The molecule has 0 radical (unpaired) electrons. The van der Waals surface area contributed by atoms with Gasteiger partial charge in [0.1, 0.15) is 6.04 Å². The molecule has 3 atom stereocenters. The second-order valence-electron chi connectivity index (χ2n) is 4.33. The third-order valence-corrected chi connectivity index (χ3v) is 3.18. The van der Waals surface area contributed by atoms with Crippen LogP contribution < -0.4 is 5.32 Å². The lowest BCUT2D eigenvalue weighted by Crippen LogP contribution is -2.45.